The van der Waals surface area contributed by atoms with E-state index in [4.69, 9.17) is 0 Å². The summed E-state index contributed by atoms with van der Waals surface area (Å²) in [6.45, 7) is 6.14. The second kappa shape index (κ2) is 6.18. The molecule has 0 saturated carbocycles. The molecule has 0 aliphatic rings. The highest BCUT2D eigenvalue weighted by molar-refractivity contribution is 6.04. The number of amides is 2. The summed E-state index contributed by atoms with van der Waals surface area (Å²) in [6, 6.07) is 8.76. The summed E-state index contributed by atoms with van der Waals surface area (Å²) >= 11 is 0. The van der Waals surface area contributed by atoms with Crippen LogP contribution in [0.4, 0.5) is 0 Å². The van der Waals surface area contributed by atoms with Crippen LogP contribution >= 0.6 is 0 Å². The fourth-order valence-corrected chi connectivity index (χ4v) is 1.37. The topological polar surface area (TPSA) is 46.2 Å². The number of nitrogens with one attached hydrogen (secondary N) is 1. The number of carbonyl (C=O) groups is 2. The number of hydrogen-bond donors (Lipinski definition) is 1. The summed E-state index contributed by atoms with van der Waals surface area (Å²) in [7, 11) is 0. The molecule has 3 nitrogen and oxygen atoms in total. The molecular weight excluding hydrogens is 214 g/mol. The summed E-state index contributed by atoms with van der Waals surface area (Å²) in [4.78, 5) is 23.3. The standard InChI is InChI=1S/C14H19NO2/c1-10(2)11(3)9-13(16)15-14(17)12-7-5-4-6-8-12/h4-8,10-11H,9H2,1-3H3,(H,15,16,17). The van der Waals surface area contributed by atoms with Crippen molar-refractivity contribution in [3.05, 3.63) is 35.9 Å². The molecule has 0 radical (unpaired) electrons. The number of hydrogen-bond acceptors (Lipinski definition) is 2. The van der Waals surface area contributed by atoms with Gasteiger partial charge in [-0.1, -0.05) is 39.0 Å². The van der Waals surface area contributed by atoms with E-state index in [9.17, 15) is 9.59 Å². The molecule has 17 heavy (non-hydrogen) atoms. The van der Waals surface area contributed by atoms with Crippen molar-refractivity contribution in [3.8, 4) is 0 Å². The normalized spacial score (nSPS) is 12.2. The van der Waals surface area contributed by atoms with E-state index in [1.54, 1.807) is 24.3 Å². The Kier molecular flexibility index (Phi) is 4.88. The van der Waals surface area contributed by atoms with Crippen molar-refractivity contribution in [2.45, 2.75) is 27.2 Å². The van der Waals surface area contributed by atoms with Crippen molar-refractivity contribution in [2.24, 2.45) is 11.8 Å². The SMILES string of the molecule is CC(C)C(C)CC(=O)NC(=O)c1ccccc1. The van der Waals surface area contributed by atoms with Gasteiger partial charge in [0.25, 0.3) is 5.91 Å². The number of rotatable bonds is 4. The van der Waals surface area contributed by atoms with E-state index in [0.29, 0.717) is 17.9 Å². The molecule has 1 atom stereocenters. The van der Waals surface area contributed by atoms with Gasteiger partial charge in [0.15, 0.2) is 0 Å². The zero-order valence-corrected chi connectivity index (χ0v) is 10.6. The molecule has 1 aromatic carbocycles. The summed E-state index contributed by atoms with van der Waals surface area (Å²) in [6.07, 6.45) is 0.385. The van der Waals surface area contributed by atoms with Gasteiger partial charge >= 0.3 is 0 Å². The average molecular weight is 233 g/mol. The Labute approximate surface area is 102 Å². The third-order valence-electron chi connectivity index (χ3n) is 2.93. The zero-order valence-electron chi connectivity index (χ0n) is 10.6. The van der Waals surface area contributed by atoms with Crippen LogP contribution in [0, 0.1) is 11.8 Å². The fourth-order valence-electron chi connectivity index (χ4n) is 1.37. The average Bonchev–Trinajstić information content (AvgIpc) is 2.29. The first-order valence-corrected chi connectivity index (χ1v) is 5.90. The van der Waals surface area contributed by atoms with Gasteiger partial charge in [-0.05, 0) is 24.0 Å². The minimum absolute atomic E-state index is 0.208. The summed E-state index contributed by atoms with van der Waals surface area (Å²) < 4.78 is 0. The van der Waals surface area contributed by atoms with Gasteiger partial charge in [0, 0.05) is 12.0 Å². The van der Waals surface area contributed by atoms with Crippen LogP contribution in [0.25, 0.3) is 0 Å². The lowest BCUT2D eigenvalue weighted by Crippen LogP contribution is -2.32. The van der Waals surface area contributed by atoms with Crippen LogP contribution in [0.15, 0.2) is 30.3 Å². The Morgan fingerprint density at radius 3 is 2.24 bits per heavy atom. The number of imide groups is 1. The van der Waals surface area contributed by atoms with Gasteiger partial charge in [0.1, 0.15) is 0 Å². The third kappa shape index (κ3) is 4.39. The van der Waals surface area contributed by atoms with Crippen molar-refractivity contribution in [1.29, 1.82) is 0 Å². The van der Waals surface area contributed by atoms with Gasteiger partial charge in [0.05, 0.1) is 0 Å². The predicted molar refractivity (Wildman–Crippen MR) is 67.5 cm³/mol. The van der Waals surface area contributed by atoms with Gasteiger partial charge in [-0.25, -0.2) is 0 Å². The molecule has 1 rings (SSSR count). The van der Waals surface area contributed by atoms with E-state index in [1.807, 2.05) is 13.0 Å². The third-order valence-corrected chi connectivity index (χ3v) is 2.93. The highest BCUT2D eigenvalue weighted by Gasteiger charge is 2.15. The Bertz CT molecular complexity index is 384. The summed E-state index contributed by atoms with van der Waals surface area (Å²) in [5.41, 5.74) is 0.512. The Balaban J connectivity index is 2.50. The maximum Gasteiger partial charge on any atom is 0.257 e. The largest absolute Gasteiger partial charge is 0.292 e. The van der Waals surface area contributed by atoms with Gasteiger partial charge < -0.3 is 0 Å². The lowest BCUT2D eigenvalue weighted by molar-refractivity contribution is -0.121. The van der Waals surface area contributed by atoms with Crippen LogP contribution in [0.3, 0.4) is 0 Å². The molecule has 92 valence electrons. The first-order chi connectivity index (χ1) is 8.00. The van der Waals surface area contributed by atoms with E-state index >= 15 is 0 Å². The molecule has 0 fully saturated rings. The monoisotopic (exact) mass is 233 g/mol. The molecule has 1 aromatic rings. The van der Waals surface area contributed by atoms with Crippen LogP contribution in [-0.2, 0) is 4.79 Å². The lowest BCUT2D eigenvalue weighted by Gasteiger charge is -2.14. The Morgan fingerprint density at radius 2 is 1.71 bits per heavy atom. The smallest absolute Gasteiger partial charge is 0.257 e. The van der Waals surface area contributed by atoms with Crippen LogP contribution in [0.5, 0.6) is 0 Å². The van der Waals surface area contributed by atoms with Gasteiger partial charge in [-0.3, -0.25) is 14.9 Å². The van der Waals surface area contributed by atoms with Crippen molar-refractivity contribution in [2.75, 3.05) is 0 Å². The first kappa shape index (κ1) is 13.4. The fraction of sp³-hybridized carbons (Fsp3) is 0.429. The van der Waals surface area contributed by atoms with E-state index in [2.05, 4.69) is 19.2 Å². The number of benzene rings is 1. The predicted octanol–water partition coefficient (Wildman–Crippen LogP) is 2.63. The Morgan fingerprint density at radius 1 is 1.12 bits per heavy atom. The van der Waals surface area contributed by atoms with Gasteiger partial charge in [0.2, 0.25) is 5.91 Å². The molecule has 2 amide bonds. The number of carbonyl (C=O) groups excluding carboxylic acids is 2. The van der Waals surface area contributed by atoms with Crippen molar-refractivity contribution in [3.63, 3.8) is 0 Å². The second-order valence-corrected chi connectivity index (χ2v) is 4.67. The van der Waals surface area contributed by atoms with Gasteiger partial charge in [-0.15, -0.1) is 0 Å². The van der Waals surface area contributed by atoms with Crippen LogP contribution in [-0.4, -0.2) is 11.8 Å². The van der Waals surface area contributed by atoms with Gasteiger partial charge in [-0.2, -0.15) is 0 Å². The summed E-state index contributed by atoms with van der Waals surface area (Å²) in [5, 5.41) is 2.40. The molecule has 0 aliphatic heterocycles. The Hall–Kier alpha value is -1.64. The minimum atomic E-state index is -0.327. The first-order valence-electron chi connectivity index (χ1n) is 5.90. The molecule has 0 aromatic heterocycles. The molecule has 0 aliphatic carbocycles. The summed E-state index contributed by atoms with van der Waals surface area (Å²) in [5.74, 6) is 0.178. The molecule has 0 bridgehead atoms. The molecule has 0 heterocycles. The van der Waals surface area contributed by atoms with Crippen LogP contribution in [0.1, 0.15) is 37.6 Å². The van der Waals surface area contributed by atoms with Crippen molar-refractivity contribution < 1.29 is 9.59 Å². The highest BCUT2D eigenvalue weighted by atomic mass is 16.2. The lowest BCUT2D eigenvalue weighted by atomic mass is 9.94. The maximum absolute atomic E-state index is 11.7. The zero-order chi connectivity index (χ0) is 12.8. The van der Waals surface area contributed by atoms with Crippen molar-refractivity contribution >= 4 is 11.8 Å². The molecule has 1 N–H and O–H groups in total. The minimum Gasteiger partial charge on any atom is -0.292 e. The van der Waals surface area contributed by atoms with E-state index in [-0.39, 0.29) is 17.7 Å². The van der Waals surface area contributed by atoms with E-state index in [0.717, 1.165) is 0 Å². The van der Waals surface area contributed by atoms with E-state index in [1.165, 1.54) is 0 Å². The van der Waals surface area contributed by atoms with Crippen LogP contribution < -0.4 is 5.32 Å². The van der Waals surface area contributed by atoms with E-state index < -0.39 is 0 Å². The molecule has 0 spiro atoms. The molecule has 1 unspecified atom stereocenters. The highest BCUT2D eigenvalue weighted by Crippen LogP contribution is 2.13. The molecular formula is C14H19NO2. The quantitative estimate of drug-likeness (QED) is 0.869. The molecule has 0 saturated heterocycles. The second-order valence-electron chi connectivity index (χ2n) is 4.67. The van der Waals surface area contributed by atoms with Crippen LogP contribution in [0.2, 0.25) is 0 Å². The van der Waals surface area contributed by atoms with Crippen molar-refractivity contribution in [1.82, 2.24) is 5.32 Å². The molecule has 3 heteroatoms. The maximum atomic E-state index is 11.7.